The van der Waals surface area contributed by atoms with Gasteiger partial charge < -0.3 is 5.11 Å². The zero-order chi connectivity index (χ0) is 11.9. The average Bonchev–Trinajstić information content (AvgIpc) is 2.07. The molecule has 1 rings (SSSR count). The molecule has 1 atom stereocenters. The van der Waals surface area contributed by atoms with Crippen molar-refractivity contribution in [2.45, 2.75) is 24.3 Å². The molecule has 1 N–H and O–H groups in total. The van der Waals surface area contributed by atoms with Gasteiger partial charge in [0.25, 0.3) is 0 Å². The molecule has 0 amide bonds. The third-order valence-corrected chi connectivity index (χ3v) is 3.06. The molecule has 0 aromatic heterocycles. The first-order valence-corrected chi connectivity index (χ1v) is 5.01. The van der Waals surface area contributed by atoms with E-state index in [2.05, 4.69) is 15.9 Å². The second-order valence-electron chi connectivity index (χ2n) is 3.53. The molecule has 1 aromatic rings. The molecule has 84 valence electrons. The van der Waals surface area contributed by atoms with E-state index in [4.69, 9.17) is 0 Å². The van der Waals surface area contributed by atoms with Crippen molar-refractivity contribution in [1.82, 2.24) is 0 Å². The smallest absolute Gasteiger partial charge is 0.333 e. The third kappa shape index (κ3) is 2.34. The summed E-state index contributed by atoms with van der Waals surface area (Å²) in [7, 11) is 0. The van der Waals surface area contributed by atoms with Gasteiger partial charge in [-0.15, -0.1) is 0 Å². The highest BCUT2D eigenvalue weighted by Gasteiger charge is 2.48. The molecule has 0 aliphatic heterocycles. The SMILES string of the molecule is Cc1ccc(C(C)(O)C(F)(F)Br)cc1F. The maximum Gasteiger partial charge on any atom is 0.333 e. The third-order valence-electron chi connectivity index (χ3n) is 2.29. The van der Waals surface area contributed by atoms with Gasteiger partial charge in [-0.05, 0) is 47.0 Å². The largest absolute Gasteiger partial charge is 0.378 e. The summed E-state index contributed by atoms with van der Waals surface area (Å²) in [5, 5.41) is 9.57. The Balaban J connectivity index is 3.22. The van der Waals surface area contributed by atoms with Crippen LogP contribution in [0.15, 0.2) is 18.2 Å². The number of alkyl halides is 3. The fraction of sp³-hybridized carbons (Fsp3) is 0.400. The fourth-order valence-corrected chi connectivity index (χ4v) is 1.29. The fourth-order valence-electron chi connectivity index (χ4n) is 1.06. The molecule has 5 heteroatoms. The van der Waals surface area contributed by atoms with Gasteiger partial charge in [-0.1, -0.05) is 12.1 Å². The number of hydrogen-bond acceptors (Lipinski definition) is 1. The van der Waals surface area contributed by atoms with Gasteiger partial charge in [0.1, 0.15) is 5.82 Å². The summed E-state index contributed by atoms with van der Waals surface area (Å²) >= 11 is 2.07. The number of aliphatic hydroxyl groups is 1. The highest BCUT2D eigenvalue weighted by Crippen LogP contribution is 2.42. The number of benzene rings is 1. The summed E-state index contributed by atoms with van der Waals surface area (Å²) in [6.07, 6.45) is 0. The average molecular weight is 283 g/mol. The van der Waals surface area contributed by atoms with E-state index in [-0.39, 0.29) is 5.56 Å². The second-order valence-corrected chi connectivity index (χ2v) is 4.53. The van der Waals surface area contributed by atoms with Crippen LogP contribution in [-0.2, 0) is 5.60 Å². The molecule has 0 bridgehead atoms. The van der Waals surface area contributed by atoms with Crippen LogP contribution in [0.25, 0.3) is 0 Å². The van der Waals surface area contributed by atoms with Gasteiger partial charge in [0.05, 0.1) is 0 Å². The number of halogens is 4. The predicted molar refractivity (Wildman–Crippen MR) is 54.6 cm³/mol. The van der Waals surface area contributed by atoms with E-state index >= 15 is 0 Å². The minimum absolute atomic E-state index is 0.174. The molecule has 0 saturated heterocycles. The van der Waals surface area contributed by atoms with E-state index < -0.39 is 16.3 Å². The van der Waals surface area contributed by atoms with Gasteiger partial charge >= 0.3 is 4.83 Å². The molecule has 0 spiro atoms. The van der Waals surface area contributed by atoms with E-state index in [1.807, 2.05) is 0 Å². The first-order valence-electron chi connectivity index (χ1n) is 4.22. The first kappa shape index (κ1) is 12.5. The minimum Gasteiger partial charge on any atom is -0.378 e. The molecule has 0 aliphatic carbocycles. The Labute approximate surface area is 94.0 Å². The minimum atomic E-state index is -3.51. The zero-order valence-corrected chi connectivity index (χ0v) is 9.78. The molecule has 0 aliphatic rings. The number of aryl methyl sites for hydroxylation is 1. The lowest BCUT2D eigenvalue weighted by Crippen LogP contribution is -2.37. The monoisotopic (exact) mass is 282 g/mol. The Morgan fingerprint density at radius 2 is 1.87 bits per heavy atom. The van der Waals surface area contributed by atoms with E-state index in [0.717, 1.165) is 13.0 Å². The molecule has 1 nitrogen and oxygen atoms in total. The van der Waals surface area contributed by atoms with Crippen molar-refractivity contribution in [3.05, 3.63) is 35.1 Å². The van der Waals surface area contributed by atoms with Crippen LogP contribution in [0.1, 0.15) is 18.1 Å². The summed E-state index contributed by atoms with van der Waals surface area (Å²) in [5.74, 6) is -0.621. The van der Waals surface area contributed by atoms with E-state index in [1.165, 1.54) is 19.1 Å². The van der Waals surface area contributed by atoms with Gasteiger partial charge in [0.15, 0.2) is 5.60 Å². The summed E-state index contributed by atoms with van der Waals surface area (Å²) in [6.45, 7) is 2.44. The van der Waals surface area contributed by atoms with Gasteiger partial charge in [0, 0.05) is 0 Å². The van der Waals surface area contributed by atoms with Crippen LogP contribution in [0.5, 0.6) is 0 Å². The Morgan fingerprint density at radius 1 is 1.33 bits per heavy atom. The lowest BCUT2D eigenvalue weighted by Gasteiger charge is -2.28. The quantitative estimate of drug-likeness (QED) is 0.825. The standard InChI is InChI=1S/C10H10BrF3O/c1-6-3-4-7(5-8(6)12)9(2,15)10(11,13)14/h3-5,15H,1-2H3. The second kappa shape index (κ2) is 3.79. The summed E-state index contributed by atoms with van der Waals surface area (Å²) in [4.78, 5) is -3.51. The Hall–Kier alpha value is -0.550. The van der Waals surface area contributed by atoms with Crippen LogP contribution in [-0.4, -0.2) is 9.94 Å². The van der Waals surface area contributed by atoms with E-state index in [0.29, 0.717) is 5.56 Å². The molecule has 15 heavy (non-hydrogen) atoms. The van der Waals surface area contributed by atoms with Crippen LogP contribution in [0.2, 0.25) is 0 Å². The lowest BCUT2D eigenvalue weighted by atomic mass is 9.95. The van der Waals surface area contributed by atoms with Crippen LogP contribution in [0.4, 0.5) is 13.2 Å². The Kier molecular flexibility index (Phi) is 3.16. The summed E-state index contributed by atoms with van der Waals surface area (Å²) in [5.41, 5.74) is -2.28. The Bertz CT molecular complexity index is 371. The van der Waals surface area contributed by atoms with Crippen LogP contribution >= 0.6 is 15.9 Å². The van der Waals surface area contributed by atoms with Crippen molar-refractivity contribution in [3.63, 3.8) is 0 Å². The van der Waals surface area contributed by atoms with Crippen molar-refractivity contribution in [1.29, 1.82) is 0 Å². The van der Waals surface area contributed by atoms with Gasteiger partial charge in [-0.25, -0.2) is 4.39 Å². The maximum absolute atomic E-state index is 13.1. The molecule has 0 radical (unpaired) electrons. The summed E-state index contributed by atoms with van der Waals surface area (Å²) < 4.78 is 39.1. The lowest BCUT2D eigenvalue weighted by molar-refractivity contribution is -0.109. The normalized spacial score (nSPS) is 16.2. The molecule has 0 fully saturated rings. The van der Waals surface area contributed by atoms with Gasteiger partial charge in [-0.2, -0.15) is 8.78 Å². The van der Waals surface area contributed by atoms with Crippen molar-refractivity contribution in [2.75, 3.05) is 0 Å². The van der Waals surface area contributed by atoms with Crippen LogP contribution < -0.4 is 0 Å². The van der Waals surface area contributed by atoms with Gasteiger partial charge in [-0.3, -0.25) is 0 Å². The van der Waals surface area contributed by atoms with E-state index in [1.54, 1.807) is 0 Å². The zero-order valence-electron chi connectivity index (χ0n) is 8.19. The molecule has 1 aromatic carbocycles. The maximum atomic E-state index is 13.1. The van der Waals surface area contributed by atoms with Crippen molar-refractivity contribution in [3.8, 4) is 0 Å². The molecule has 0 saturated carbocycles. The van der Waals surface area contributed by atoms with Crippen molar-refractivity contribution >= 4 is 15.9 Å². The summed E-state index contributed by atoms with van der Waals surface area (Å²) in [6, 6.07) is 3.52. The number of hydrogen-bond donors (Lipinski definition) is 1. The number of rotatable bonds is 2. The molecular weight excluding hydrogens is 273 g/mol. The Morgan fingerprint density at radius 3 is 2.27 bits per heavy atom. The van der Waals surface area contributed by atoms with Crippen molar-refractivity contribution in [2.24, 2.45) is 0 Å². The molecule has 0 heterocycles. The molecular formula is C10H10BrF3O. The highest BCUT2D eigenvalue weighted by atomic mass is 79.9. The van der Waals surface area contributed by atoms with Crippen LogP contribution in [0, 0.1) is 12.7 Å². The van der Waals surface area contributed by atoms with Crippen molar-refractivity contribution < 1.29 is 18.3 Å². The highest BCUT2D eigenvalue weighted by molar-refractivity contribution is 9.10. The van der Waals surface area contributed by atoms with E-state index in [9.17, 15) is 18.3 Å². The van der Waals surface area contributed by atoms with Crippen LogP contribution in [0.3, 0.4) is 0 Å². The predicted octanol–water partition coefficient (Wildman–Crippen LogP) is 3.33. The topological polar surface area (TPSA) is 20.2 Å². The van der Waals surface area contributed by atoms with Gasteiger partial charge in [0.2, 0.25) is 0 Å². The first-order chi connectivity index (χ1) is 6.66. The molecule has 1 unspecified atom stereocenters.